The Morgan fingerprint density at radius 1 is 1.09 bits per heavy atom. The lowest BCUT2D eigenvalue weighted by molar-refractivity contribution is 0.102. The van der Waals surface area contributed by atoms with Gasteiger partial charge in [-0.05, 0) is 55.0 Å². The van der Waals surface area contributed by atoms with Crippen LogP contribution < -0.4 is 15.0 Å². The summed E-state index contributed by atoms with van der Waals surface area (Å²) in [5.74, 6) is 0.586. The van der Waals surface area contributed by atoms with Gasteiger partial charge >= 0.3 is 0 Å². The summed E-state index contributed by atoms with van der Waals surface area (Å²) in [7, 11) is 0. The molecule has 1 aromatic heterocycles. The topological polar surface area (TPSA) is 70.4 Å². The second-order valence-electron chi connectivity index (χ2n) is 7.27. The van der Waals surface area contributed by atoms with E-state index in [0.29, 0.717) is 44.4 Å². The first-order chi connectivity index (χ1) is 15.5. The highest BCUT2D eigenvalue weighted by Crippen LogP contribution is 2.33. The number of thioether (sulfide) groups is 1. The molecule has 3 aromatic carbocycles. The number of ketones is 1. The molecular formula is C24H17FN2O4S. The van der Waals surface area contributed by atoms with Crippen LogP contribution in [0.1, 0.15) is 15.9 Å². The fourth-order valence-corrected chi connectivity index (χ4v) is 4.35. The molecule has 4 aromatic rings. The van der Waals surface area contributed by atoms with E-state index in [1.807, 2.05) is 0 Å². The monoisotopic (exact) mass is 448 g/mol. The van der Waals surface area contributed by atoms with E-state index in [2.05, 4.69) is 4.98 Å². The summed E-state index contributed by atoms with van der Waals surface area (Å²) in [6, 6.07) is 16.5. The van der Waals surface area contributed by atoms with Crippen LogP contribution >= 0.6 is 11.8 Å². The van der Waals surface area contributed by atoms with Crippen LogP contribution in [0.4, 0.5) is 4.39 Å². The van der Waals surface area contributed by atoms with Gasteiger partial charge in [-0.25, -0.2) is 9.37 Å². The predicted octanol–water partition coefficient (Wildman–Crippen LogP) is 4.54. The van der Waals surface area contributed by atoms with E-state index in [9.17, 15) is 14.0 Å². The second-order valence-corrected chi connectivity index (χ2v) is 8.21. The Hall–Kier alpha value is -3.65. The molecule has 160 valence electrons. The van der Waals surface area contributed by atoms with E-state index in [1.54, 1.807) is 61.5 Å². The number of Topliss-reactive ketones (excluding diaryl/α,β-unsaturated/α-hetero) is 1. The van der Waals surface area contributed by atoms with E-state index in [1.165, 1.54) is 10.6 Å². The number of fused-ring (bicyclic) bond motifs is 2. The summed E-state index contributed by atoms with van der Waals surface area (Å²) >= 11 is 1.12. The number of aromatic nitrogens is 2. The molecule has 0 radical (unpaired) electrons. The molecular weight excluding hydrogens is 431 g/mol. The zero-order valence-corrected chi connectivity index (χ0v) is 17.8. The van der Waals surface area contributed by atoms with Gasteiger partial charge in [0.25, 0.3) is 5.56 Å². The number of carbonyl (C=O) groups excluding carboxylic acids is 1. The number of ether oxygens (including phenoxy) is 2. The Kier molecular flexibility index (Phi) is 5.14. The maximum absolute atomic E-state index is 14.3. The van der Waals surface area contributed by atoms with Gasteiger partial charge in [-0.15, -0.1) is 0 Å². The Labute approximate surface area is 186 Å². The average Bonchev–Trinajstić information content (AvgIpc) is 3.27. The maximum Gasteiger partial charge on any atom is 0.266 e. The van der Waals surface area contributed by atoms with Crippen LogP contribution in [-0.2, 0) is 0 Å². The fourth-order valence-electron chi connectivity index (χ4n) is 3.44. The lowest BCUT2D eigenvalue weighted by Gasteiger charge is -2.13. The Morgan fingerprint density at radius 2 is 1.91 bits per heavy atom. The Bertz CT molecular complexity index is 1430. The van der Waals surface area contributed by atoms with E-state index < -0.39 is 5.82 Å². The van der Waals surface area contributed by atoms with Gasteiger partial charge in [0.05, 0.1) is 22.3 Å². The zero-order chi connectivity index (χ0) is 22.2. The highest BCUT2D eigenvalue weighted by atomic mass is 32.2. The van der Waals surface area contributed by atoms with Crippen LogP contribution in [-0.4, -0.2) is 27.9 Å². The molecule has 2 heterocycles. The van der Waals surface area contributed by atoms with Crippen LogP contribution in [0.25, 0.3) is 16.6 Å². The van der Waals surface area contributed by atoms with Gasteiger partial charge < -0.3 is 9.47 Å². The number of hydrogen-bond donors (Lipinski definition) is 0. The highest BCUT2D eigenvalue weighted by molar-refractivity contribution is 7.99. The van der Waals surface area contributed by atoms with Crippen molar-refractivity contribution in [3.8, 4) is 17.2 Å². The normalized spacial score (nSPS) is 12.3. The third-order valence-corrected chi connectivity index (χ3v) is 6.12. The molecule has 0 unspecified atom stereocenters. The van der Waals surface area contributed by atoms with Crippen LogP contribution in [0, 0.1) is 12.7 Å². The molecule has 0 saturated heterocycles. The first-order valence-electron chi connectivity index (χ1n) is 9.85. The minimum atomic E-state index is -0.421. The summed E-state index contributed by atoms with van der Waals surface area (Å²) < 4.78 is 26.2. The molecule has 0 amide bonds. The molecule has 0 saturated carbocycles. The molecule has 0 atom stereocenters. The number of aryl methyl sites for hydroxylation is 1. The van der Waals surface area contributed by atoms with Gasteiger partial charge in [0.2, 0.25) is 6.79 Å². The number of halogens is 1. The van der Waals surface area contributed by atoms with Crippen molar-refractivity contribution in [2.75, 3.05) is 12.5 Å². The van der Waals surface area contributed by atoms with E-state index in [4.69, 9.17) is 9.47 Å². The van der Waals surface area contributed by atoms with Gasteiger partial charge in [-0.1, -0.05) is 30.0 Å². The largest absolute Gasteiger partial charge is 0.454 e. The molecule has 0 aliphatic carbocycles. The first kappa shape index (κ1) is 20.3. The summed E-state index contributed by atoms with van der Waals surface area (Å²) in [6.07, 6.45) is 0. The average molecular weight is 448 g/mol. The number of carbonyl (C=O) groups is 1. The third kappa shape index (κ3) is 3.62. The molecule has 6 nitrogen and oxygen atoms in total. The lowest BCUT2D eigenvalue weighted by atomic mass is 10.1. The first-order valence-corrected chi connectivity index (χ1v) is 10.8. The zero-order valence-electron chi connectivity index (χ0n) is 17.0. The van der Waals surface area contributed by atoms with Crippen molar-refractivity contribution >= 4 is 28.4 Å². The summed E-state index contributed by atoms with van der Waals surface area (Å²) in [5.41, 5.74) is 1.49. The minimum absolute atomic E-state index is 0.0404. The van der Waals surface area contributed by atoms with Crippen molar-refractivity contribution < 1.29 is 18.7 Å². The molecule has 0 N–H and O–H groups in total. The Balaban J connectivity index is 1.53. The SMILES string of the molecule is Cc1ccc(-n2c(SCC(=O)c3ccc4c(c3)OCO4)nc3ccccc3c2=O)cc1F. The predicted molar refractivity (Wildman–Crippen MR) is 120 cm³/mol. The van der Waals surface area contributed by atoms with Crippen molar-refractivity contribution in [1.82, 2.24) is 9.55 Å². The quantitative estimate of drug-likeness (QED) is 0.254. The molecule has 32 heavy (non-hydrogen) atoms. The smallest absolute Gasteiger partial charge is 0.266 e. The maximum atomic E-state index is 14.3. The number of nitrogens with zero attached hydrogens (tertiary/aromatic N) is 2. The minimum Gasteiger partial charge on any atom is -0.454 e. The summed E-state index contributed by atoms with van der Waals surface area (Å²) in [4.78, 5) is 30.7. The molecule has 0 spiro atoms. The van der Waals surface area contributed by atoms with Crippen molar-refractivity contribution in [3.05, 3.63) is 88.0 Å². The molecule has 1 aliphatic rings. The van der Waals surface area contributed by atoms with E-state index in [-0.39, 0.29) is 23.9 Å². The van der Waals surface area contributed by atoms with E-state index in [0.717, 1.165) is 11.8 Å². The lowest BCUT2D eigenvalue weighted by Crippen LogP contribution is -2.22. The van der Waals surface area contributed by atoms with Gasteiger partial charge in [-0.2, -0.15) is 0 Å². The summed E-state index contributed by atoms with van der Waals surface area (Å²) in [6.45, 7) is 1.78. The fraction of sp³-hybridized carbons (Fsp3) is 0.125. The van der Waals surface area contributed by atoms with E-state index >= 15 is 0 Å². The van der Waals surface area contributed by atoms with Gasteiger partial charge in [0.1, 0.15) is 5.82 Å². The third-order valence-electron chi connectivity index (χ3n) is 5.19. The van der Waals surface area contributed by atoms with Crippen molar-refractivity contribution in [2.45, 2.75) is 12.1 Å². The van der Waals surface area contributed by atoms with Crippen LogP contribution in [0.2, 0.25) is 0 Å². The van der Waals surface area contributed by atoms with Gasteiger partial charge in [0.15, 0.2) is 22.4 Å². The van der Waals surface area contributed by atoms with Crippen LogP contribution in [0.5, 0.6) is 11.5 Å². The van der Waals surface area contributed by atoms with Crippen molar-refractivity contribution in [3.63, 3.8) is 0 Å². The molecule has 5 rings (SSSR count). The second kappa shape index (κ2) is 8.12. The number of hydrogen-bond acceptors (Lipinski definition) is 6. The molecule has 0 bridgehead atoms. The molecule has 8 heteroatoms. The van der Waals surface area contributed by atoms with Gasteiger partial charge in [-0.3, -0.25) is 14.2 Å². The van der Waals surface area contributed by atoms with Crippen molar-refractivity contribution in [2.24, 2.45) is 0 Å². The number of rotatable bonds is 5. The highest BCUT2D eigenvalue weighted by Gasteiger charge is 2.19. The van der Waals surface area contributed by atoms with Gasteiger partial charge in [0, 0.05) is 5.56 Å². The number of benzene rings is 3. The van der Waals surface area contributed by atoms with Crippen LogP contribution in [0.15, 0.2) is 70.6 Å². The van der Waals surface area contributed by atoms with Crippen molar-refractivity contribution in [1.29, 1.82) is 0 Å². The molecule has 1 aliphatic heterocycles. The van der Waals surface area contributed by atoms with Crippen LogP contribution in [0.3, 0.4) is 0 Å². The standard InChI is InChI=1S/C24H17FN2O4S/c1-14-6-8-16(11-18(14)25)27-23(29)17-4-2-3-5-19(17)26-24(27)32-12-20(28)15-7-9-21-22(10-15)31-13-30-21/h2-11H,12-13H2,1H3. The Morgan fingerprint density at radius 3 is 2.75 bits per heavy atom. The number of para-hydroxylation sites is 1. The molecule has 0 fully saturated rings. The summed E-state index contributed by atoms with van der Waals surface area (Å²) in [5, 5.41) is 0.728.